The third-order valence-corrected chi connectivity index (χ3v) is 8.22. The van der Waals surface area contributed by atoms with Gasteiger partial charge in [0.25, 0.3) is 0 Å². The Morgan fingerprint density at radius 2 is 0.595 bits per heavy atom. The van der Waals surface area contributed by atoms with Gasteiger partial charge in [-0.3, -0.25) is 0 Å². The maximum absolute atomic E-state index is 3.77. The minimum atomic E-state index is 1.19. The molecule has 0 aliphatic carbocycles. The van der Waals surface area contributed by atoms with Gasteiger partial charge in [-0.2, -0.15) is 0 Å². The Kier molecular flexibility index (Phi) is 33.9. The molecule has 0 rings (SSSR count). The molecule has 0 atom stereocenters. The van der Waals surface area contributed by atoms with E-state index in [1.54, 1.807) is 0 Å². The molecule has 0 aliphatic rings. The second kappa shape index (κ2) is 33.9. The van der Waals surface area contributed by atoms with Crippen molar-refractivity contribution in [3.8, 4) is 0 Å². The molecule has 0 unspecified atom stereocenters. The zero-order valence-electron chi connectivity index (χ0n) is 26.6. The highest BCUT2D eigenvalue weighted by Crippen LogP contribution is 2.12. The highest BCUT2D eigenvalue weighted by Gasteiger charge is 2.05. The molecule has 2 heteroatoms. The Morgan fingerprint density at radius 1 is 0.297 bits per heavy atom. The highest BCUT2D eigenvalue weighted by molar-refractivity contribution is 4.62. The Hall–Kier alpha value is -0.0800. The van der Waals surface area contributed by atoms with Gasteiger partial charge in [0.15, 0.2) is 0 Å². The fourth-order valence-electron chi connectivity index (χ4n) is 5.55. The Balaban J connectivity index is 3.78. The van der Waals surface area contributed by atoms with Gasteiger partial charge in [0.05, 0.1) is 0 Å². The van der Waals surface area contributed by atoms with Crippen LogP contribution in [0.4, 0.5) is 0 Å². The summed E-state index contributed by atoms with van der Waals surface area (Å²) < 4.78 is 0. The largest absolute Gasteiger partial charge is 0.315 e. The van der Waals surface area contributed by atoms with E-state index in [0.717, 1.165) is 0 Å². The van der Waals surface area contributed by atoms with Gasteiger partial charge < -0.3 is 10.2 Å². The molecular weight excluding hydrogens is 448 g/mol. The first-order valence-electron chi connectivity index (χ1n) is 17.8. The van der Waals surface area contributed by atoms with Crippen LogP contribution in [-0.2, 0) is 0 Å². The van der Waals surface area contributed by atoms with E-state index < -0.39 is 0 Å². The van der Waals surface area contributed by atoms with E-state index >= 15 is 0 Å². The van der Waals surface area contributed by atoms with Gasteiger partial charge in [0.1, 0.15) is 0 Å². The predicted molar refractivity (Wildman–Crippen MR) is 171 cm³/mol. The fraction of sp³-hybridized carbons (Fsp3) is 1.00. The molecule has 0 aromatic carbocycles. The topological polar surface area (TPSA) is 15.3 Å². The van der Waals surface area contributed by atoms with E-state index in [0.29, 0.717) is 0 Å². The van der Waals surface area contributed by atoms with Crippen LogP contribution >= 0.6 is 0 Å². The predicted octanol–water partition coefficient (Wildman–Crippen LogP) is 11.5. The minimum absolute atomic E-state index is 1.19. The average molecular weight is 523 g/mol. The lowest BCUT2D eigenvalue weighted by atomic mass is 10.1. The number of nitrogens with one attached hydrogen (secondary N) is 1. The summed E-state index contributed by atoms with van der Waals surface area (Å²) in [7, 11) is 0. The summed E-state index contributed by atoms with van der Waals surface area (Å²) in [6.07, 6.45) is 38.7. The molecule has 224 valence electrons. The molecule has 37 heavy (non-hydrogen) atoms. The third kappa shape index (κ3) is 32.0. The minimum Gasteiger partial charge on any atom is -0.315 e. The summed E-state index contributed by atoms with van der Waals surface area (Å²) in [5, 5.41) is 3.77. The summed E-state index contributed by atoms with van der Waals surface area (Å²) >= 11 is 0. The first-order chi connectivity index (χ1) is 18.3. The fourth-order valence-corrected chi connectivity index (χ4v) is 5.55. The van der Waals surface area contributed by atoms with Gasteiger partial charge in [-0.05, 0) is 38.9 Å². The molecule has 0 amide bonds. The first-order valence-corrected chi connectivity index (χ1v) is 17.8. The van der Waals surface area contributed by atoms with Crippen molar-refractivity contribution in [1.29, 1.82) is 0 Å². The Morgan fingerprint density at radius 3 is 0.946 bits per heavy atom. The van der Waals surface area contributed by atoms with Crippen molar-refractivity contribution in [2.24, 2.45) is 0 Å². The van der Waals surface area contributed by atoms with Crippen molar-refractivity contribution in [3.63, 3.8) is 0 Å². The van der Waals surface area contributed by atoms with Gasteiger partial charge in [0, 0.05) is 13.1 Å². The Bertz CT molecular complexity index is 363. The molecular formula is C35H74N2. The molecule has 0 aliphatic heterocycles. The van der Waals surface area contributed by atoms with Gasteiger partial charge in [-0.25, -0.2) is 0 Å². The summed E-state index contributed by atoms with van der Waals surface area (Å²) in [5.74, 6) is 0. The summed E-state index contributed by atoms with van der Waals surface area (Å²) in [5.41, 5.74) is 0. The lowest BCUT2D eigenvalue weighted by molar-refractivity contribution is 0.259. The zero-order valence-corrected chi connectivity index (χ0v) is 26.6. The molecule has 0 bridgehead atoms. The van der Waals surface area contributed by atoms with Gasteiger partial charge >= 0.3 is 0 Å². The molecule has 2 nitrogen and oxygen atoms in total. The molecule has 0 spiro atoms. The maximum atomic E-state index is 3.77. The molecule has 0 aromatic rings. The highest BCUT2D eigenvalue weighted by atomic mass is 15.1. The second-order valence-electron chi connectivity index (χ2n) is 12.1. The van der Waals surface area contributed by atoms with E-state index in [1.807, 2.05) is 0 Å². The molecule has 0 fully saturated rings. The normalized spacial score (nSPS) is 11.7. The van der Waals surface area contributed by atoms with E-state index in [1.165, 1.54) is 206 Å². The summed E-state index contributed by atoms with van der Waals surface area (Å²) in [6, 6.07) is 0. The van der Waals surface area contributed by atoms with Crippen LogP contribution < -0.4 is 5.32 Å². The van der Waals surface area contributed by atoms with Gasteiger partial charge in [0.2, 0.25) is 0 Å². The van der Waals surface area contributed by atoms with Crippen LogP contribution in [0.3, 0.4) is 0 Å². The van der Waals surface area contributed by atoms with Gasteiger partial charge in [-0.1, -0.05) is 175 Å². The number of unbranched alkanes of at least 4 members (excludes halogenated alkanes) is 24. The maximum Gasteiger partial charge on any atom is 0.0107 e. The zero-order chi connectivity index (χ0) is 26.9. The van der Waals surface area contributed by atoms with Crippen LogP contribution in [0.25, 0.3) is 0 Å². The van der Waals surface area contributed by atoms with Crippen LogP contribution in [0.5, 0.6) is 0 Å². The molecule has 0 heterocycles. The van der Waals surface area contributed by atoms with E-state index in [4.69, 9.17) is 0 Å². The molecule has 1 N–H and O–H groups in total. The van der Waals surface area contributed by atoms with Crippen molar-refractivity contribution < 1.29 is 0 Å². The van der Waals surface area contributed by atoms with Crippen LogP contribution in [0.15, 0.2) is 0 Å². The van der Waals surface area contributed by atoms with Crippen LogP contribution in [0, 0.1) is 0 Å². The van der Waals surface area contributed by atoms with E-state index in [9.17, 15) is 0 Å². The SMILES string of the molecule is CCCCCCCCCCCCCNCCN(CCCCCCCCCC)CCCCCCCCCC. The van der Waals surface area contributed by atoms with Crippen LogP contribution in [0.1, 0.15) is 194 Å². The lowest BCUT2D eigenvalue weighted by Crippen LogP contribution is -2.34. The molecule has 0 saturated carbocycles. The number of hydrogen-bond donors (Lipinski definition) is 1. The third-order valence-electron chi connectivity index (χ3n) is 8.22. The van der Waals surface area contributed by atoms with E-state index in [2.05, 4.69) is 31.0 Å². The molecule has 0 radical (unpaired) electrons. The summed E-state index contributed by atoms with van der Waals surface area (Å²) in [4.78, 5) is 2.78. The number of rotatable bonds is 33. The lowest BCUT2D eigenvalue weighted by Gasteiger charge is -2.22. The van der Waals surface area contributed by atoms with Crippen molar-refractivity contribution in [2.75, 3.05) is 32.7 Å². The van der Waals surface area contributed by atoms with Crippen molar-refractivity contribution in [1.82, 2.24) is 10.2 Å². The average Bonchev–Trinajstić information content (AvgIpc) is 2.91. The Labute approximate surface area is 236 Å². The summed E-state index contributed by atoms with van der Waals surface area (Å²) in [6.45, 7) is 13.2. The van der Waals surface area contributed by atoms with Crippen molar-refractivity contribution >= 4 is 0 Å². The standard InChI is InChI=1S/C35H74N2/c1-4-7-10-13-16-19-20-21-22-25-28-31-36-32-35-37(33-29-26-23-17-14-11-8-5-2)34-30-27-24-18-15-12-9-6-3/h36H,4-35H2,1-3H3. The molecule has 0 aromatic heterocycles. The monoisotopic (exact) mass is 523 g/mol. The van der Waals surface area contributed by atoms with Crippen LogP contribution in [0.2, 0.25) is 0 Å². The quantitative estimate of drug-likeness (QED) is 0.0862. The van der Waals surface area contributed by atoms with Crippen molar-refractivity contribution in [3.05, 3.63) is 0 Å². The smallest absolute Gasteiger partial charge is 0.0107 e. The van der Waals surface area contributed by atoms with Gasteiger partial charge in [-0.15, -0.1) is 0 Å². The molecule has 0 saturated heterocycles. The van der Waals surface area contributed by atoms with Crippen molar-refractivity contribution in [2.45, 2.75) is 194 Å². The van der Waals surface area contributed by atoms with E-state index in [-0.39, 0.29) is 0 Å². The number of nitrogens with zero attached hydrogens (tertiary/aromatic N) is 1. The second-order valence-corrected chi connectivity index (χ2v) is 12.1. The number of hydrogen-bond acceptors (Lipinski definition) is 2. The first kappa shape index (κ1) is 36.9. The van der Waals surface area contributed by atoms with Crippen LogP contribution in [-0.4, -0.2) is 37.6 Å².